The lowest BCUT2D eigenvalue weighted by molar-refractivity contribution is -0.136. The third-order valence-corrected chi connectivity index (χ3v) is 2.00. The molecule has 1 N–H and O–H groups in total. The van der Waals surface area contributed by atoms with Crippen LogP contribution in [0, 0.1) is 37.1 Å². The van der Waals surface area contributed by atoms with Gasteiger partial charge in [-0.05, 0) is 13.8 Å². The van der Waals surface area contributed by atoms with E-state index in [-0.39, 0.29) is 6.42 Å². The molecule has 96 valence electrons. The molecule has 0 aliphatic carbocycles. The van der Waals surface area contributed by atoms with Crippen LogP contribution in [0.15, 0.2) is 0 Å². The Morgan fingerprint density at radius 3 is 1.24 bits per heavy atom. The molecule has 6 heteroatoms. The van der Waals surface area contributed by atoms with Crippen LogP contribution >= 0.6 is 0 Å². The summed E-state index contributed by atoms with van der Waals surface area (Å²) >= 11 is 0. The van der Waals surface area contributed by atoms with Gasteiger partial charge in [0.1, 0.15) is 0 Å². The number of halogens is 4. The zero-order chi connectivity index (χ0) is 13.7. The highest BCUT2D eigenvalue weighted by molar-refractivity contribution is 5.66. The highest BCUT2D eigenvalue weighted by Gasteiger charge is 2.19. The average molecular weight is 252 g/mol. The quantitative estimate of drug-likeness (QED) is 0.614. The van der Waals surface area contributed by atoms with Crippen molar-refractivity contribution in [1.29, 1.82) is 0 Å². The van der Waals surface area contributed by atoms with Gasteiger partial charge in [-0.3, -0.25) is 4.79 Å². The second kappa shape index (κ2) is 6.22. The maximum Gasteiger partial charge on any atom is 0.303 e. The summed E-state index contributed by atoms with van der Waals surface area (Å²) in [6, 6.07) is 0. The van der Waals surface area contributed by atoms with Gasteiger partial charge < -0.3 is 5.11 Å². The number of aliphatic carboxylic acids is 1. The minimum Gasteiger partial charge on any atom is -0.481 e. The first-order chi connectivity index (χ1) is 7.73. The van der Waals surface area contributed by atoms with E-state index in [2.05, 4.69) is 0 Å². The zero-order valence-electron chi connectivity index (χ0n) is 9.57. The van der Waals surface area contributed by atoms with E-state index in [1.807, 2.05) is 0 Å². The van der Waals surface area contributed by atoms with E-state index >= 15 is 0 Å². The third kappa shape index (κ3) is 3.72. The highest BCUT2D eigenvalue weighted by atomic mass is 19.2. The van der Waals surface area contributed by atoms with Crippen LogP contribution in [-0.2, 0) is 4.79 Å². The molecular formula is C11H12F4O2. The molecule has 0 aliphatic heterocycles. The van der Waals surface area contributed by atoms with E-state index in [9.17, 15) is 22.4 Å². The van der Waals surface area contributed by atoms with E-state index in [1.165, 1.54) is 0 Å². The third-order valence-electron chi connectivity index (χ3n) is 2.00. The van der Waals surface area contributed by atoms with Gasteiger partial charge in [-0.2, -0.15) is 0 Å². The second-order valence-electron chi connectivity index (χ2n) is 3.25. The van der Waals surface area contributed by atoms with Crippen molar-refractivity contribution in [2.45, 2.75) is 27.2 Å². The van der Waals surface area contributed by atoms with E-state index in [0.717, 1.165) is 13.8 Å². The number of benzene rings is 1. The molecule has 0 amide bonds. The summed E-state index contributed by atoms with van der Waals surface area (Å²) in [6.45, 7) is 3.56. The van der Waals surface area contributed by atoms with Gasteiger partial charge in [0.05, 0.1) is 0 Å². The van der Waals surface area contributed by atoms with Gasteiger partial charge in [0, 0.05) is 17.5 Å². The second-order valence-corrected chi connectivity index (χ2v) is 3.25. The predicted molar refractivity (Wildman–Crippen MR) is 53.7 cm³/mol. The largest absolute Gasteiger partial charge is 0.481 e. The Hall–Kier alpha value is -1.59. The van der Waals surface area contributed by atoms with Crippen molar-refractivity contribution in [2.24, 2.45) is 0 Å². The SMILES string of the molecule is CCC(=O)O.Cc1c(F)c(F)c(C)c(F)c1F. The Labute approximate surface area is 95.9 Å². The molecule has 1 rings (SSSR count). The standard InChI is InChI=1S/C8H6F4.C3H6O2/c1-3-5(9)7(11)4(2)8(12)6(3)10;1-2-3(4)5/h1-2H3;2H2,1H3,(H,4,5). The number of hydrogen-bond donors (Lipinski definition) is 1. The predicted octanol–water partition coefficient (Wildman–Crippen LogP) is 3.34. The van der Waals surface area contributed by atoms with E-state index in [1.54, 1.807) is 6.92 Å². The van der Waals surface area contributed by atoms with Crippen molar-refractivity contribution in [3.8, 4) is 0 Å². The molecule has 0 aliphatic rings. The topological polar surface area (TPSA) is 37.3 Å². The lowest BCUT2D eigenvalue weighted by atomic mass is 10.1. The minimum atomic E-state index is -1.33. The Morgan fingerprint density at radius 2 is 1.12 bits per heavy atom. The van der Waals surface area contributed by atoms with Crippen LogP contribution in [0.3, 0.4) is 0 Å². The number of carboxylic acid groups (broad SMARTS) is 1. The maximum atomic E-state index is 12.7. The smallest absolute Gasteiger partial charge is 0.303 e. The maximum absolute atomic E-state index is 12.7. The minimum absolute atomic E-state index is 0.222. The van der Waals surface area contributed by atoms with Crippen molar-refractivity contribution < 1.29 is 27.5 Å². The Kier molecular flexibility index (Phi) is 5.64. The summed E-state index contributed by atoms with van der Waals surface area (Å²) in [5.74, 6) is -6.06. The summed E-state index contributed by atoms with van der Waals surface area (Å²) in [5, 5.41) is 7.72. The van der Waals surface area contributed by atoms with Gasteiger partial charge in [0.25, 0.3) is 0 Å². The Morgan fingerprint density at radius 1 is 0.941 bits per heavy atom. The Bertz CT molecular complexity index is 325. The molecule has 0 saturated carbocycles. The molecule has 17 heavy (non-hydrogen) atoms. The summed E-state index contributed by atoms with van der Waals surface area (Å²) in [6.07, 6.45) is 0.222. The first kappa shape index (κ1) is 15.4. The summed E-state index contributed by atoms with van der Waals surface area (Å²) in [5.41, 5.74) is -1.26. The molecule has 0 saturated heterocycles. The van der Waals surface area contributed by atoms with E-state index in [4.69, 9.17) is 5.11 Å². The number of carboxylic acids is 1. The fourth-order valence-corrected chi connectivity index (χ4v) is 0.851. The van der Waals surface area contributed by atoms with Crippen molar-refractivity contribution >= 4 is 5.97 Å². The molecule has 0 unspecified atom stereocenters. The van der Waals surface area contributed by atoms with Gasteiger partial charge in [-0.25, -0.2) is 17.6 Å². The molecule has 0 aromatic heterocycles. The average Bonchev–Trinajstić information content (AvgIpc) is 2.32. The van der Waals surface area contributed by atoms with Gasteiger partial charge >= 0.3 is 5.97 Å². The van der Waals surface area contributed by atoms with Crippen molar-refractivity contribution in [3.63, 3.8) is 0 Å². The fraction of sp³-hybridized carbons (Fsp3) is 0.364. The van der Waals surface area contributed by atoms with Crippen LogP contribution in [0.5, 0.6) is 0 Å². The van der Waals surface area contributed by atoms with Gasteiger partial charge in [-0.1, -0.05) is 6.92 Å². The van der Waals surface area contributed by atoms with Crippen LogP contribution in [-0.4, -0.2) is 11.1 Å². The lowest BCUT2D eigenvalue weighted by Gasteiger charge is -2.04. The van der Waals surface area contributed by atoms with Crippen molar-refractivity contribution in [1.82, 2.24) is 0 Å². The highest BCUT2D eigenvalue weighted by Crippen LogP contribution is 2.22. The summed E-state index contributed by atoms with van der Waals surface area (Å²) < 4.78 is 50.6. The van der Waals surface area contributed by atoms with E-state index < -0.39 is 40.4 Å². The fourth-order valence-electron chi connectivity index (χ4n) is 0.851. The molecule has 0 radical (unpaired) electrons. The molecule has 1 aromatic rings. The molecule has 0 bridgehead atoms. The van der Waals surface area contributed by atoms with Gasteiger partial charge in [0.2, 0.25) is 0 Å². The number of carbonyl (C=O) groups is 1. The van der Waals surface area contributed by atoms with Crippen molar-refractivity contribution in [2.75, 3.05) is 0 Å². The summed E-state index contributed by atoms with van der Waals surface area (Å²) in [7, 11) is 0. The van der Waals surface area contributed by atoms with Crippen LogP contribution in [0.1, 0.15) is 24.5 Å². The van der Waals surface area contributed by atoms with Crippen LogP contribution in [0.2, 0.25) is 0 Å². The normalized spacial score (nSPS) is 9.59. The van der Waals surface area contributed by atoms with Crippen molar-refractivity contribution in [3.05, 3.63) is 34.4 Å². The molecule has 0 spiro atoms. The van der Waals surface area contributed by atoms with Gasteiger partial charge in [-0.15, -0.1) is 0 Å². The van der Waals surface area contributed by atoms with Gasteiger partial charge in [0.15, 0.2) is 23.3 Å². The van der Waals surface area contributed by atoms with Crippen LogP contribution in [0.25, 0.3) is 0 Å². The molecule has 0 atom stereocenters. The van der Waals surface area contributed by atoms with Crippen LogP contribution in [0.4, 0.5) is 17.6 Å². The molecule has 1 aromatic carbocycles. The molecule has 0 heterocycles. The number of hydrogen-bond acceptors (Lipinski definition) is 1. The molecule has 2 nitrogen and oxygen atoms in total. The lowest BCUT2D eigenvalue weighted by Crippen LogP contribution is -2.02. The first-order valence-corrected chi connectivity index (χ1v) is 4.74. The van der Waals surface area contributed by atoms with Crippen LogP contribution < -0.4 is 0 Å². The monoisotopic (exact) mass is 252 g/mol. The zero-order valence-corrected chi connectivity index (χ0v) is 9.57. The Balaban J connectivity index is 0.000000437. The number of rotatable bonds is 1. The molecular weight excluding hydrogens is 240 g/mol. The summed E-state index contributed by atoms with van der Waals surface area (Å²) in [4.78, 5) is 9.37. The molecule has 0 fully saturated rings. The van der Waals surface area contributed by atoms with E-state index in [0.29, 0.717) is 0 Å². The first-order valence-electron chi connectivity index (χ1n) is 4.74.